The molecule has 1 fully saturated rings. The summed E-state index contributed by atoms with van der Waals surface area (Å²) in [5, 5.41) is 14.9. The van der Waals surface area contributed by atoms with Crippen LogP contribution in [0.4, 0.5) is 19.0 Å². The van der Waals surface area contributed by atoms with Crippen molar-refractivity contribution in [1.29, 1.82) is 0 Å². The fourth-order valence-corrected chi connectivity index (χ4v) is 3.61. The van der Waals surface area contributed by atoms with Gasteiger partial charge in [0, 0.05) is 30.9 Å². The molecule has 0 saturated carbocycles. The van der Waals surface area contributed by atoms with Crippen molar-refractivity contribution < 1.29 is 35.6 Å². The lowest BCUT2D eigenvalue weighted by atomic mass is 10.2. The van der Waals surface area contributed by atoms with Gasteiger partial charge in [0.05, 0.1) is 25.5 Å². The third-order valence-electron chi connectivity index (χ3n) is 4.91. The Kier molecular flexibility index (Phi) is 6.84. The van der Waals surface area contributed by atoms with Gasteiger partial charge in [0.1, 0.15) is 11.9 Å². The van der Waals surface area contributed by atoms with E-state index in [1.807, 2.05) is 35.2 Å². The molecule has 1 aromatic carbocycles. The first-order chi connectivity index (χ1) is 16.1. The number of rotatable bonds is 7. The molecule has 2 aromatic heterocycles. The molecule has 1 aliphatic heterocycles. The fraction of sp³-hybridized carbons (Fsp3) is 0.350. The van der Waals surface area contributed by atoms with E-state index in [0.717, 1.165) is 5.56 Å². The fourth-order valence-electron chi connectivity index (χ4n) is 3.17. The number of alkyl halides is 3. The molecule has 4 rings (SSSR count). The van der Waals surface area contributed by atoms with Crippen molar-refractivity contribution in [3.05, 3.63) is 54.5 Å². The number of aliphatic hydroxyl groups excluding tert-OH is 1. The molecule has 1 atom stereocenters. The van der Waals surface area contributed by atoms with E-state index in [9.17, 15) is 26.7 Å². The Hall–Kier alpha value is -3.07. The largest absolute Gasteiger partial charge is 0.523 e. The Morgan fingerprint density at radius 2 is 1.76 bits per heavy atom. The highest BCUT2D eigenvalue weighted by Crippen LogP contribution is 2.27. The highest BCUT2D eigenvalue weighted by molar-refractivity contribution is 7.87. The van der Waals surface area contributed by atoms with E-state index in [0.29, 0.717) is 37.8 Å². The van der Waals surface area contributed by atoms with Gasteiger partial charge in [-0.05, 0) is 6.07 Å². The molecular weight excluding hydrogens is 479 g/mol. The van der Waals surface area contributed by atoms with Crippen LogP contribution in [0, 0.1) is 0 Å². The SMILES string of the molecule is O=S(=O)(OCC(O)c1nc(N2CCOCC2)cc(-n2ccc(-c3ccccc3)n2)n1)C(F)(F)F. The van der Waals surface area contributed by atoms with Crippen molar-refractivity contribution in [3.8, 4) is 17.1 Å². The average molecular weight is 499 g/mol. The van der Waals surface area contributed by atoms with Gasteiger partial charge in [-0.2, -0.15) is 26.7 Å². The molecule has 0 aliphatic carbocycles. The van der Waals surface area contributed by atoms with Crippen LogP contribution >= 0.6 is 0 Å². The average Bonchev–Trinajstić information content (AvgIpc) is 3.33. The predicted molar refractivity (Wildman–Crippen MR) is 114 cm³/mol. The first-order valence-corrected chi connectivity index (χ1v) is 11.5. The number of anilines is 1. The highest BCUT2D eigenvalue weighted by atomic mass is 32.2. The van der Waals surface area contributed by atoms with E-state index in [1.165, 1.54) is 4.68 Å². The number of hydrogen-bond acceptors (Lipinski definition) is 9. The van der Waals surface area contributed by atoms with Crippen molar-refractivity contribution in [2.45, 2.75) is 11.6 Å². The van der Waals surface area contributed by atoms with Crippen LogP contribution in [-0.4, -0.2) is 71.7 Å². The summed E-state index contributed by atoms with van der Waals surface area (Å²) < 4.78 is 70.8. The molecule has 1 N–H and O–H groups in total. The van der Waals surface area contributed by atoms with Crippen LogP contribution in [-0.2, 0) is 19.0 Å². The second-order valence-corrected chi connectivity index (χ2v) is 8.86. The van der Waals surface area contributed by atoms with Gasteiger partial charge in [0.15, 0.2) is 11.6 Å². The molecule has 0 spiro atoms. The summed E-state index contributed by atoms with van der Waals surface area (Å²) in [7, 11) is -5.88. The number of nitrogens with zero attached hydrogens (tertiary/aromatic N) is 5. The van der Waals surface area contributed by atoms with Gasteiger partial charge < -0.3 is 14.7 Å². The molecule has 1 saturated heterocycles. The maximum atomic E-state index is 12.6. The smallest absolute Gasteiger partial charge is 0.383 e. The molecule has 0 bridgehead atoms. The molecule has 34 heavy (non-hydrogen) atoms. The van der Waals surface area contributed by atoms with Gasteiger partial charge in [0.2, 0.25) is 0 Å². The van der Waals surface area contributed by atoms with Gasteiger partial charge >= 0.3 is 15.6 Å². The molecule has 10 nitrogen and oxygen atoms in total. The monoisotopic (exact) mass is 499 g/mol. The lowest BCUT2D eigenvalue weighted by Gasteiger charge is -2.28. The van der Waals surface area contributed by atoms with Gasteiger partial charge in [-0.25, -0.2) is 14.6 Å². The molecule has 1 unspecified atom stereocenters. The molecule has 1 aliphatic rings. The van der Waals surface area contributed by atoms with Crippen molar-refractivity contribution >= 4 is 15.9 Å². The number of ether oxygens (including phenoxy) is 1. The maximum absolute atomic E-state index is 12.6. The zero-order valence-corrected chi connectivity index (χ0v) is 18.4. The minimum atomic E-state index is -5.88. The summed E-state index contributed by atoms with van der Waals surface area (Å²) in [6, 6.07) is 12.7. The van der Waals surface area contributed by atoms with Gasteiger partial charge in [-0.1, -0.05) is 30.3 Å². The molecule has 14 heteroatoms. The summed E-state index contributed by atoms with van der Waals surface area (Å²) in [4.78, 5) is 10.3. The molecular formula is C20H20F3N5O5S. The summed E-state index contributed by atoms with van der Waals surface area (Å²) in [6.45, 7) is 0.634. The molecule has 0 amide bonds. The first-order valence-electron chi connectivity index (χ1n) is 10.1. The Balaban J connectivity index is 1.65. The van der Waals surface area contributed by atoms with E-state index in [1.54, 1.807) is 18.3 Å². The Labute approximate surface area is 192 Å². The summed E-state index contributed by atoms with van der Waals surface area (Å²) in [5.41, 5.74) is -4.11. The van der Waals surface area contributed by atoms with Crippen LogP contribution in [0.15, 0.2) is 48.7 Å². The number of aromatic nitrogens is 4. The first kappa shape index (κ1) is 24.1. The van der Waals surface area contributed by atoms with Crippen LogP contribution in [0.2, 0.25) is 0 Å². The van der Waals surface area contributed by atoms with Crippen LogP contribution in [0.3, 0.4) is 0 Å². The predicted octanol–water partition coefficient (Wildman–Crippen LogP) is 2.07. The van der Waals surface area contributed by atoms with Crippen molar-refractivity contribution in [1.82, 2.24) is 19.7 Å². The lowest BCUT2D eigenvalue weighted by Crippen LogP contribution is -2.37. The van der Waals surface area contributed by atoms with E-state index in [2.05, 4.69) is 19.2 Å². The van der Waals surface area contributed by atoms with E-state index in [4.69, 9.17) is 4.74 Å². The molecule has 3 aromatic rings. The Morgan fingerprint density at radius 1 is 1.09 bits per heavy atom. The molecule has 182 valence electrons. The lowest BCUT2D eigenvalue weighted by molar-refractivity contribution is -0.0566. The van der Waals surface area contributed by atoms with Crippen LogP contribution in [0.5, 0.6) is 0 Å². The Bertz CT molecular complexity index is 1230. The molecule has 0 radical (unpaired) electrons. The topological polar surface area (TPSA) is 120 Å². The van der Waals surface area contributed by atoms with Crippen LogP contribution in [0.1, 0.15) is 11.9 Å². The second-order valence-electron chi connectivity index (χ2n) is 7.25. The van der Waals surface area contributed by atoms with Crippen LogP contribution in [0.25, 0.3) is 17.1 Å². The zero-order valence-electron chi connectivity index (χ0n) is 17.6. The standard InChI is InChI=1S/C20H20F3N5O5S/c21-20(22,23)34(30,31)33-13-16(29)19-24-17(27-8-10-32-11-9-27)12-18(25-19)28-7-6-15(26-28)14-4-2-1-3-5-14/h1-7,12,16,29H,8-11,13H2. The quantitative estimate of drug-likeness (QED) is 0.385. The van der Waals surface area contributed by atoms with Crippen molar-refractivity contribution in [2.24, 2.45) is 0 Å². The maximum Gasteiger partial charge on any atom is 0.523 e. The third-order valence-corrected chi connectivity index (χ3v) is 5.92. The van der Waals surface area contributed by atoms with E-state index in [-0.39, 0.29) is 11.6 Å². The number of benzene rings is 1. The summed E-state index contributed by atoms with van der Waals surface area (Å²) in [6.07, 6.45) is -0.213. The Morgan fingerprint density at radius 3 is 2.44 bits per heavy atom. The second kappa shape index (κ2) is 9.66. The van der Waals surface area contributed by atoms with Crippen molar-refractivity contribution in [3.63, 3.8) is 0 Å². The van der Waals surface area contributed by atoms with E-state index >= 15 is 0 Å². The zero-order chi connectivity index (χ0) is 24.3. The minimum absolute atomic E-state index is 0.228. The van der Waals surface area contributed by atoms with Gasteiger partial charge in [-0.15, -0.1) is 0 Å². The van der Waals surface area contributed by atoms with E-state index < -0.39 is 28.3 Å². The van der Waals surface area contributed by atoms with Crippen molar-refractivity contribution in [2.75, 3.05) is 37.8 Å². The molecule has 3 heterocycles. The normalized spacial score (nSPS) is 15.9. The number of hydrogen-bond donors (Lipinski definition) is 1. The van der Waals surface area contributed by atoms with Gasteiger partial charge in [0.25, 0.3) is 0 Å². The number of aliphatic hydroxyl groups is 1. The summed E-state index contributed by atoms with van der Waals surface area (Å²) in [5.74, 6) is 0.289. The van der Waals surface area contributed by atoms with Gasteiger partial charge in [-0.3, -0.25) is 4.18 Å². The number of halogens is 3. The number of morpholine rings is 1. The highest BCUT2D eigenvalue weighted by Gasteiger charge is 2.47. The van der Waals surface area contributed by atoms with Crippen LogP contribution < -0.4 is 4.90 Å². The summed E-state index contributed by atoms with van der Waals surface area (Å²) >= 11 is 0. The third kappa shape index (κ3) is 5.35. The minimum Gasteiger partial charge on any atom is -0.383 e.